The van der Waals surface area contributed by atoms with Gasteiger partial charge in [-0.3, -0.25) is 9.59 Å². The number of amides is 2. The summed E-state index contributed by atoms with van der Waals surface area (Å²) < 4.78 is 32.0. The minimum Gasteiger partial charge on any atom is -0.467 e. The van der Waals surface area contributed by atoms with Gasteiger partial charge in [-0.25, -0.2) is 13.2 Å². The first-order chi connectivity index (χ1) is 14.1. The maximum atomic E-state index is 13.0. The highest BCUT2D eigenvalue weighted by Crippen LogP contribution is 2.25. The quantitative estimate of drug-likeness (QED) is 0.619. The molecule has 30 heavy (non-hydrogen) atoms. The van der Waals surface area contributed by atoms with Gasteiger partial charge in [0, 0.05) is 25.7 Å². The van der Waals surface area contributed by atoms with E-state index in [1.807, 2.05) is 0 Å². The van der Waals surface area contributed by atoms with Crippen molar-refractivity contribution < 1.29 is 27.5 Å². The zero-order valence-corrected chi connectivity index (χ0v) is 18.5. The van der Waals surface area contributed by atoms with Gasteiger partial charge in [0.1, 0.15) is 6.04 Å². The Morgan fingerprint density at radius 3 is 2.33 bits per heavy atom. The predicted octanol–water partition coefficient (Wildman–Crippen LogP) is 1.36. The summed E-state index contributed by atoms with van der Waals surface area (Å²) in [6, 6.07) is 5.11. The van der Waals surface area contributed by atoms with E-state index >= 15 is 0 Å². The fourth-order valence-electron chi connectivity index (χ4n) is 3.33. The molecule has 166 valence electrons. The fraction of sp³-hybridized carbons (Fsp3) is 0.550. The third kappa shape index (κ3) is 5.79. The molecule has 1 aromatic rings. The maximum absolute atomic E-state index is 13.0. The van der Waals surface area contributed by atoms with Crippen LogP contribution in [0.15, 0.2) is 29.2 Å². The van der Waals surface area contributed by atoms with Crippen molar-refractivity contribution in [3.63, 3.8) is 0 Å². The number of carbonyl (C=O) groups is 3. The number of piperidine rings is 1. The van der Waals surface area contributed by atoms with Crippen LogP contribution < -0.4 is 10.6 Å². The number of sulfonamides is 1. The lowest BCUT2D eigenvalue weighted by Crippen LogP contribution is -2.51. The molecule has 2 atom stereocenters. The summed E-state index contributed by atoms with van der Waals surface area (Å²) in [5, 5.41) is 5.29. The fourth-order valence-corrected chi connectivity index (χ4v) is 4.86. The van der Waals surface area contributed by atoms with Crippen molar-refractivity contribution in [3.8, 4) is 0 Å². The molecule has 0 saturated carbocycles. The van der Waals surface area contributed by atoms with E-state index in [0.29, 0.717) is 25.1 Å². The number of hydrogen-bond donors (Lipinski definition) is 2. The van der Waals surface area contributed by atoms with E-state index in [9.17, 15) is 22.8 Å². The Morgan fingerprint density at radius 1 is 1.17 bits per heavy atom. The zero-order chi connectivity index (χ0) is 22.5. The van der Waals surface area contributed by atoms with Crippen LogP contribution in [0.5, 0.6) is 0 Å². The van der Waals surface area contributed by atoms with Crippen molar-refractivity contribution in [2.75, 3.05) is 25.5 Å². The Hall–Kier alpha value is -2.46. The number of esters is 1. The van der Waals surface area contributed by atoms with Crippen LogP contribution in [0.3, 0.4) is 0 Å². The van der Waals surface area contributed by atoms with Crippen LogP contribution in [0.1, 0.15) is 33.6 Å². The lowest BCUT2D eigenvalue weighted by Gasteiger charge is -2.32. The van der Waals surface area contributed by atoms with Crippen molar-refractivity contribution in [3.05, 3.63) is 24.3 Å². The number of hydrogen-bond acceptors (Lipinski definition) is 6. The summed E-state index contributed by atoms with van der Waals surface area (Å²) in [7, 11) is -2.53. The van der Waals surface area contributed by atoms with Gasteiger partial charge in [-0.05, 0) is 43.0 Å². The average Bonchev–Trinajstić information content (AvgIpc) is 2.71. The number of rotatable bonds is 7. The molecule has 1 aromatic carbocycles. The number of nitrogens with zero attached hydrogens (tertiary/aromatic N) is 1. The van der Waals surface area contributed by atoms with E-state index in [1.165, 1.54) is 42.6 Å². The van der Waals surface area contributed by atoms with Crippen molar-refractivity contribution >= 4 is 33.5 Å². The highest BCUT2D eigenvalue weighted by atomic mass is 32.2. The zero-order valence-electron chi connectivity index (χ0n) is 17.7. The van der Waals surface area contributed by atoms with Crippen molar-refractivity contribution in [1.29, 1.82) is 0 Å². The molecule has 10 heteroatoms. The van der Waals surface area contributed by atoms with Gasteiger partial charge >= 0.3 is 5.97 Å². The molecule has 0 aliphatic carbocycles. The lowest BCUT2D eigenvalue weighted by molar-refractivity contribution is -0.147. The largest absolute Gasteiger partial charge is 0.467 e. The van der Waals surface area contributed by atoms with Crippen LogP contribution in [0.2, 0.25) is 0 Å². The summed E-state index contributed by atoms with van der Waals surface area (Å²) in [6.45, 7) is 5.31. The van der Waals surface area contributed by atoms with Gasteiger partial charge in [0.25, 0.3) is 0 Å². The Labute approximate surface area is 177 Å². The standard InChI is InChI=1S/C20H29N3O6S/c1-13(2)18(20(26)29-4)22-19(25)15-6-5-11-23(12-15)30(27,28)17-9-7-16(8-10-17)21-14(3)24/h7-10,13,15,18H,5-6,11-12H2,1-4H3,(H,21,24)(H,22,25)/t15?,18-/m0/s1. The minimum absolute atomic E-state index is 0.0353. The second kappa shape index (κ2) is 10.0. The molecule has 1 aliphatic heterocycles. The number of carbonyl (C=O) groups excluding carboxylic acids is 3. The second-order valence-corrected chi connectivity index (χ2v) is 9.60. The Bertz CT molecular complexity index is 882. The molecule has 2 amide bonds. The number of ether oxygens (including phenoxy) is 1. The van der Waals surface area contributed by atoms with E-state index in [1.54, 1.807) is 13.8 Å². The lowest BCUT2D eigenvalue weighted by atomic mass is 9.97. The topological polar surface area (TPSA) is 122 Å². The molecule has 9 nitrogen and oxygen atoms in total. The molecule has 1 unspecified atom stereocenters. The highest BCUT2D eigenvalue weighted by Gasteiger charge is 2.35. The third-order valence-electron chi connectivity index (χ3n) is 4.99. The first-order valence-corrected chi connectivity index (χ1v) is 11.3. The van der Waals surface area contributed by atoms with Crippen molar-refractivity contribution in [2.24, 2.45) is 11.8 Å². The molecule has 0 radical (unpaired) electrons. The molecule has 2 N–H and O–H groups in total. The summed E-state index contributed by atoms with van der Waals surface area (Å²) in [5.41, 5.74) is 0.500. The first kappa shape index (κ1) is 23.8. The number of nitrogens with one attached hydrogen (secondary N) is 2. The van der Waals surface area contributed by atoms with Gasteiger partial charge < -0.3 is 15.4 Å². The van der Waals surface area contributed by atoms with E-state index in [2.05, 4.69) is 10.6 Å². The van der Waals surface area contributed by atoms with Gasteiger partial charge in [-0.1, -0.05) is 13.8 Å². The van der Waals surface area contributed by atoms with Crippen LogP contribution in [0.4, 0.5) is 5.69 Å². The van der Waals surface area contributed by atoms with Gasteiger partial charge in [0.05, 0.1) is 17.9 Å². The van der Waals surface area contributed by atoms with E-state index in [-0.39, 0.29) is 29.2 Å². The van der Waals surface area contributed by atoms with Gasteiger partial charge in [0.15, 0.2) is 0 Å². The van der Waals surface area contributed by atoms with E-state index < -0.39 is 28.0 Å². The van der Waals surface area contributed by atoms with Crippen LogP contribution in [-0.2, 0) is 29.1 Å². The average molecular weight is 440 g/mol. The number of methoxy groups -OCH3 is 1. The summed E-state index contributed by atoms with van der Waals surface area (Å²) in [5.74, 6) is -1.86. The highest BCUT2D eigenvalue weighted by molar-refractivity contribution is 7.89. The summed E-state index contributed by atoms with van der Waals surface area (Å²) in [6.07, 6.45) is 1.07. The van der Waals surface area contributed by atoms with Crippen LogP contribution >= 0.6 is 0 Å². The monoisotopic (exact) mass is 439 g/mol. The van der Waals surface area contributed by atoms with Crippen LogP contribution in [0.25, 0.3) is 0 Å². The number of benzene rings is 1. The molecular weight excluding hydrogens is 410 g/mol. The first-order valence-electron chi connectivity index (χ1n) is 9.82. The van der Waals surface area contributed by atoms with Gasteiger partial charge in [-0.15, -0.1) is 0 Å². The maximum Gasteiger partial charge on any atom is 0.328 e. The SMILES string of the molecule is COC(=O)[C@@H](NC(=O)C1CCCN(S(=O)(=O)c2ccc(NC(C)=O)cc2)C1)C(C)C. The predicted molar refractivity (Wildman–Crippen MR) is 111 cm³/mol. The summed E-state index contributed by atoms with van der Waals surface area (Å²) >= 11 is 0. The molecule has 1 fully saturated rings. The number of anilines is 1. The molecule has 1 saturated heterocycles. The summed E-state index contributed by atoms with van der Waals surface area (Å²) in [4.78, 5) is 35.8. The Balaban J connectivity index is 2.11. The van der Waals surface area contributed by atoms with Crippen LogP contribution in [-0.4, -0.2) is 56.7 Å². The van der Waals surface area contributed by atoms with Gasteiger partial charge in [-0.2, -0.15) is 4.31 Å². The Kier molecular flexibility index (Phi) is 7.96. The minimum atomic E-state index is -3.79. The molecule has 1 aliphatic rings. The second-order valence-electron chi connectivity index (χ2n) is 7.66. The molecule has 0 aromatic heterocycles. The van der Waals surface area contributed by atoms with Crippen molar-refractivity contribution in [1.82, 2.24) is 9.62 Å². The van der Waals surface area contributed by atoms with E-state index in [0.717, 1.165) is 0 Å². The molecule has 0 spiro atoms. The molecule has 0 bridgehead atoms. The molecule has 2 rings (SSSR count). The molecular formula is C20H29N3O6S. The Morgan fingerprint density at radius 2 is 1.80 bits per heavy atom. The normalized spacial score (nSPS) is 18.5. The smallest absolute Gasteiger partial charge is 0.328 e. The van der Waals surface area contributed by atoms with Crippen molar-refractivity contribution in [2.45, 2.75) is 44.6 Å². The third-order valence-corrected chi connectivity index (χ3v) is 6.87. The van der Waals surface area contributed by atoms with Crippen LogP contribution in [0, 0.1) is 11.8 Å². The van der Waals surface area contributed by atoms with E-state index in [4.69, 9.17) is 4.74 Å². The van der Waals surface area contributed by atoms with Gasteiger partial charge in [0.2, 0.25) is 21.8 Å². The molecule has 1 heterocycles.